The first kappa shape index (κ1) is 7.62. The highest BCUT2D eigenvalue weighted by Crippen LogP contribution is 1.96. The van der Waals surface area contributed by atoms with E-state index in [0.717, 1.165) is 5.75 Å². The quantitative estimate of drug-likeness (QED) is 0.323. The van der Waals surface area contributed by atoms with E-state index in [4.69, 9.17) is 11.5 Å². The first-order valence-corrected chi connectivity index (χ1v) is 3.56. The Bertz CT molecular complexity index is 77.4. The van der Waals surface area contributed by atoms with Crippen LogP contribution in [-0.2, 0) is 0 Å². The Morgan fingerprint density at radius 2 is 2.25 bits per heavy atom. The van der Waals surface area contributed by atoms with Gasteiger partial charge in [0.15, 0.2) is 5.96 Å². The molecule has 3 nitrogen and oxygen atoms in total. The third kappa shape index (κ3) is 5.62. The van der Waals surface area contributed by atoms with Crippen molar-refractivity contribution >= 4 is 17.7 Å². The Hall–Kier alpha value is -0.380. The second-order valence-electron chi connectivity index (χ2n) is 1.20. The number of hydrogen-bond acceptors (Lipinski definition) is 2. The first-order valence-electron chi connectivity index (χ1n) is 2.40. The summed E-state index contributed by atoms with van der Waals surface area (Å²) in [5.74, 6) is 1.90. The van der Waals surface area contributed by atoms with E-state index in [-0.39, 0.29) is 5.96 Å². The number of aliphatic imine (C=N–C) groups is 1. The molecule has 0 aliphatic heterocycles. The fourth-order valence-corrected chi connectivity index (χ4v) is 0.634. The fourth-order valence-electron chi connectivity index (χ4n) is 0.211. The van der Waals surface area contributed by atoms with Gasteiger partial charge in [0.05, 0.1) is 5.88 Å². The summed E-state index contributed by atoms with van der Waals surface area (Å²) in [6.07, 6.45) is 0. The van der Waals surface area contributed by atoms with E-state index in [1.807, 2.05) is 0 Å². The monoisotopic (exact) mass is 133 g/mol. The van der Waals surface area contributed by atoms with Gasteiger partial charge in [0, 0.05) is 0 Å². The van der Waals surface area contributed by atoms with Crippen molar-refractivity contribution in [2.45, 2.75) is 6.92 Å². The van der Waals surface area contributed by atoms with Gasteiger partial charge in [-0.05, 0) is 5.75 Å². The summed E-state index contributed by atoms with van der Waals surface area (Å²) >= 11 is 1.69. The second-order valence-corrected chi connectivity index (χ2v) is 2.45. The zero-order valence-electron chi connectivity index (χ0n) is 4.92. The van der Waals surface area contributed by atoms with Crippen LogP contribution >= 0.6 is 11.8 Å². The number of nitrogens with zero attached hydrogens (tertiary/aromatic N) is 1. The molecular formula is C4H11N3S. The summed E-state index contributed by atoms with van der Waals surface area (Å²) < 4.78 is 0. The van der Waals surface area contributed by atoms with Crippen LogP contribution in [0.4, 0.5) is 0 Å². The molecule has 0 saturated carbocycles. The third-order valence-electron chi connectivity index (χ3n) is 0.543. The minimum atomic E-state index is 0.172. The predicted octanol–water partition coefficient (Wildman–Crippen LogP) is -0.0296. The molecule has 0 saturated heterocycles. The van der Waals surface area contributed by atoms with E-state index >= 15 is 0 Å². The van der Waals surface area contributed by atoms with Gasteiger partial charge in [-0.25, -0.2) is 4.99 Å². The van der Waals surface area contributed by atoms with Crippen molar-refractivity contribution in [3.8, 4) is 0 Å². The predicted molar refractivity (Wildman–Crippen MR) is 38.8 cm³/mol. The van der Waals surface area contributed by atoms with Crippen LogP contribution in [0.3, 0.4) is 0 Å². The Balaban J connectivity index is 3.03. The number of guanidine groups is 1. The highest BCUT2D eigenvalue weighted by atomic mass is 32.2. The lowest BCUT2D eigenvalue weighted by molar-refractivity contribution is 1.31. The van der Waals surface area contributed by atoms with E-state index in [2.05, 4.69) is 11.9 Å². The van der Waals surface area contributed by atoms with Gasteiger partial charge in [-0.15, -0.1) is 11.8 Å². The van der Waals surface area contributed by atoms with E-state index in [9.17, 15) is 0 Å². The van der Waals surface area contributed by atoms with Crippen LogP contribution in [0.25, 0.3) is 0 Å². The number of thioether (sulfide) groups is 1. The minimum Gasteiger partial charge on any atom is -0.370 e. The van der Waals surface area contributed by atoms with Crippen molar-refractivity contribution in [2.75, 3.05) is 11.6 Å². The maximum atomic E-state index is 5.05. The normalized spacial score (nSPS) is 8.62. The molecule has 0 amide bonds. The van der Waals surface area contributed by atoms with Gasteiger partial charge >= 0.3 is 0 Å². The molecule has 4 N–H and O–H groups in total. The van der Waals surface area contributed by atoms with E-state index < -0.39 is 0 Å². The summed E-state index contributed by atoms with van der Waals surface area (Å²) in [6.45, 7) is 2.06. The average molecular weight is 133 g/mol. The van der Waals surface area contributed by atoms with Gasteiger partial charge in [0.25, 0.3) is 0 Å². The number of hydrogen-bond donors (Lipinski definition) is 2. The summed E-state index contributed by atoms with van der Waals surface area (Å²) in [4.78, 5) is 3.75. The molecule has 4 heteroatoms. The molecule has 0 aliphatic rings. The van der Waals surface area contributed by atoms with Gasteiger partial charge in [-0.3, -0.25) is 0 Å². The Morgan fingerprint density at radius 3 is 2.62 bits per heavy atom. The Morgan fingerprint density at radius 1 is 1.62 bits per heavy atom. The lowest BCUT2D eigenvalue weighted by Gasteiger charge is -1.89. The maximum absolute atomic E-state index is 5.05. The van der Waals surface area contributed by atoms with Crippen LogP contribution < -0.4 is 11.5 Å². The largest absolute Gasteiger partial charge is 0.370 e. The van der Waals surface area contributed by atoms with Crippen molar-refractivity contribution in [2.24, 2.45) is 16.5 Å². The van der Waals surface area contributed by atoms with Crippen LogP contribution in [0.5, 0.6) is 0 Å². The molecule has 0 aromatic carbocycles. The molecule has 0 aromatic heterocycles. The van der Waals surface area contributed by atoms with Gasteiger partial charge in [-0.2, -0.15) is 0 Å². The summed E-state index contributed by atoms with van der Waals surface area (Å²) in [7, 11) is 0. The van der Waals surface area contributed by atoms with Crippen molar-refractivity contribution in [1.29, 1.82) is 0 Å². The van der Waals surface area contributed by atoms with E-state index in [0.29, 0.717) is 5.88 Å². The molecule has 0 radical (unpaired) electrons. The van der Waals surface area contributed by atoms with Gasteiger partial charge in [-0.1, -0.05) is 6.92 Å². The highest BCUT2D eigenvalue weighted by Gasteiger charge is 1.78. The number of rotatable bonds is 3. The molecule has 0 heterocycles. The van der Waals surface area contributed by atoms with E-state index in [1.165, 1.54) is 0 Å². The van der Waals surface area contributed by atoms with Gasteiger partial charge < -0.3 is 11.5 Å². The van der Waals surface area contributed by atoms with Crippen LogP contribution in [0.1, 0.15) is 6.92 Å². The van der Waals surface area contributed by atoms with Crippen molar-refractivity contribution in [1.82, 2.24) is 0 Å². The highest BCUT2D eigenvalue weighted by molar-refractivity contribution is 7.99. The van der Waals surface area contributed by atoms with Crippen molar-refractivity contribution < 1.29 is 0 Å². The van der Waals surface area contributed by atoms with Crippen LogP contribution in [-0.4, -0.2) is 17.6 Å². The smallest absolute Gasteiger partial charge is 0.186 e. The lowest BCUT2D eigenvalue weighted by atomic mass is 11.0. The topological polar surface area (TPSA) is 64.4 Å². The maximum Gasteiger partial charge on any atom is 0.186 e. The zero-order chi connectivity index (χ0) is 6.41. The van der Waals surface area contributed by atoms with Gasteiger partial charge in [0.1, 0.15) is 0 Å². The zero-order valence-corrected chi connectivity index (χ0v) is 5.74. The molecule has 0 bridgehead atoms. The third-order valence-corrected chi connectivity index (χ3v) is 1.26. The second kappa shape index (κ2) is 4.77. The number of nitrogens with two attached hydrogens (primary N) is 2. The fraction of sp³-hybridized carbons (Fsp3) is 0.750. The molecular weight excluding hydrogens is 122 g/mol. The van der Waals surface area contributed by atoms with Crippen LogP contribution in [0.15, 0.2) is 4.99 Å². The van der Waals surface area contributed by atoms with Crippen molar-refractivity contribution in [3.05, 3.63) is 0 Å². The van der Waals surface area contributed by atoms with Crippen LogP contribution in [0.2, 0.25) is 0 Å². The Labute approximate surface area is 53.5 Å². The molecule has 0 aliphatic carbocycles. The summed E-state index contributed by atoms with van der Waals surface area (Å²) in [5, 5.41) is 0. The Kier molecular flexibility index (Phi) is 4.54. The minimum absolute atomic E-state index is 0.172. The molecule has 8 heavy (non-hydrogen) atoms. The molecule has 0 rings (SSSR count). The molecule has 0 fully saturated rings. The molecule has 0 atom stereocenters. The van der Waals surface area contributed by atoms with Crippen molar-refractivity contribution in [3.63, 3.8) is 0 Å². The molecule has 0 spiro atoms. The standard InChI is InChI=1S/C4H11N3S/c1-2-8-3-7-4(5)6/h2-3H2,1H3,(H4,5,6,7). The average Bonchev–Trinajstić information content (AvgIpc) is 1.66. The summed E-state index contributed by atoms with van der Waals surface area (Å²) in [6, 6.07) is 0. The first-order chi connectivity index (χ1) is 3.77. The molecule has 48 valence electrons. The molecule has 0 aromatic rings. The summed E-state index contributed by atoms with van der Waals surface area (Å²) in [5.41, 5.74) is 10.1. The molecule has 0 unspecified atom stereocenters. The van der Waals surface area contributed by atoms with E-state index in [1.54, 1.807) is 11.8 Å². The SMILES string of the molecule is CCSCN=C(N)N. The van der Waals surface area contributed by atoms with Crippen LogP contribution in [0, 0.1) is 0 Å². The van der Waals surface area contributed by atoms with Gasteiger partial charge in [0.2, 0.25) is 0 Å². The lowest BCUT2D eigenvalue weighted by Crippen LogP contribution is -2.22.